The lowest BCUT2D eigenvalue weighted by Gasteiger charge is -2.34. The molecule has 2 rings (SSSR count). The molecule has 126 valence electrons. The van der Waals surface area contributed by atoms with E-state index in [-0.39, 0.29) is 18.4 Å². The van der Waals surface area contributed by atoms with Gasteiger partial charge in [0.2, 0.25) is 5.91 Å². The lowest BCUT2D eigenvalue weighted by Crippen LogP contribution is -2.51. The number of aryl methyl sites for hydroxylation is 1. The van der Waals surface area contributed by atoms with Crippen LogP contribution in [0.15, 0.2) is 24.3 Å². The molecule has 1 aromatic rings. The number of rotatable bonds is 6. The number of nitrogens with one attached hydrogen (secondary N) is 1. The predicted molar refractivity (Wildman–Crippen MR) is 88.4 cm³/mol. The van der Waals surface area contributed by atoms with Crippen LogP contribution < -0.4 is 10.1 Å². The summed E-state index contributed by atoms with van der Waals surface area (Å²) in [5.74, 6) is 0.710. The molecule has 0 radical (unpaired) electrons. The van der Waals surface area contributed by atoms with Gasteiger partial charge in [0.15, 0.2) is 6.61 Å². The van der Waals surface area contributed by atoms with Gasteiger partial charge in [-0.05, 0) is 24.1 Å². The molecule has 1 fully saturated rings. The highest BCUT2D eigenvalue weighted by Gasteiger charge is 2.22. The van der Waals surface area contributed by atoms with E-state index < -0.39 is 0 Å². The number of likely N-dealkylation sites (N-methyl/N-ethyl adjacent to an activating group) is 1. The van der Waals surface area contributed by atoms with Gasteiger partial charge in [0.1, 0.15) is 5.75 Å². The molecular weight excluding hydrogens is 294 g/mol. The fourth-order valence-electron chi connectivity index (χ4n) is 2.50. The van der Waals surface area contributed by atoms with Gasteiger partial charge >= 0.3 is 0 Å². The van der Waals surface area contributed by atoms with Gasteiger partial charge in [-0.2, -0.15) is 0 Å². The van der Waals surface area contributed by atoms with Crippen LogP contribution in [0.2, 0.25) is 0 Å². The zero-order chi connectivity index (χ0) is 16.7. The summed E-state index contributed by atoms with van der Waals surface area (Å²) in [4.78, 5) is 27.4. The summed E-state index contributed by atoms with van der Waals surface area (Å²) in [6.07, 6.45) is 0.986. The molecule has 1 heterocycles. The third-order valence-corrected chi connectivity index (χ3v) is 4.06. The minimum atomic E-state index is -0.0100. The van der Waals surface area contributed by atoms with Gasteiger partial charge in [-0.1, -0.05) is 19.1 Å². The van der Waals surface area contributed by atoms with E-state index in [9.17, 15) is 9.59 Å². The fourth-order valence-corrected chi connectivity index (χ4v) is 2.50. The van der Waals surface area contributed by atoms with Gasteiger partial charge in [-0.25, -0.2) is 0 Å². The van der Waals surface area contributed by atoms with E-state index in [2.05, 4.69) is 12.2 Å². The number of piperazine rings is 1. The van der Waals surface area contributed by atoms with Crippen molar-refractivity contribution >= 4 is 11.8 Å². The van der Waals surface area contributed by atoms with E-state index in [0.29, 0.717) is 38.5 Å². The summed E-state index contributed by atoms with van der Waals surface area (Å²) >= 11 is 0. The SMILES string of the molecule is CCc1ccc(OCC(=O)N2CCN(CC(=O)NC)CC2)cc1. The molecule has 2 amide bonds. The van der Waals surface area contributed by atoms with Crippen molar-refractivity contribution in [2.45, 2.75) is 13.3 Å². The fraction of sp³-hybridized carbons (Fsp3) is 0.529. The Morgan fingerprint density at radius 2 is 1.78 bits per heavy atom. The monoisotopic (exact) mass is 319 g/mol. The van der Waals surface area contributed by atoms with E-state index in [1.807, 2.05) is 29.2 Å². The average Bonchev–Trinajstić information content (AvgIpc) is 2.60. The van der Waals surface area contributed by atoms with E-state index in [4.69, 9.17) is 4.74 Å². The van der Waals surface area contributed by atoms with Crippen LogP contribution in [0, 0.1) is 0 Å². The third kappa shape index (κ3) is 5.25. The van der Waals surface area contributed by atoms with Crippen molar-refractivity contribution in [2.24, 2.45) is 0 Å². The number of benzene rings is 1. The van der Waals surface area contributed by atoms with E-state index in [1.54, 1.807) is 11.9 Å². The normalized spacial score (nSPS) is 15.3. The van der Waals surface area contributed by atoms with Gasteiger partial charge < -0.3 is 15.0 Å². The van der Waals surface area contributed by atoms with Gasteiger partial charge in [0.25, 0.3) is 5.91 Å². The average molecular weight is 319 g/mol. The number of ether oxygens (including phenoxy) is 1. The molecule has 0 saturated carbocycles. The second-order valence-corrected chi connectivity index (χ2v) is 5.62. The van der Waals surface area contributed by atoms with Crippen molar-refractivity contribution in [1.29, 1.82) is 0 Å². The molecule has 0 bridgehead atoms. The van der Waals surface area contributed by atoms with Crippen LogP contribution in [0.4, 0.5) is 0 Å². The number of carbonyl (C=O) groups excluding carboxylic acids is 2. The van der Waals surface area contributed by atoms with Gasteiger partial charge in [0.05, 0.1) is 6.54 Å². The summed E-state index contributed by atoms with van der Waals surface area (Å²) in [6, 6.07) is 7.82. The van der Waals surface area contributed by atoms with Crippen LogP contribution in [0.25, 0.3) is 0 Å². The molecule has 0 aliphatic carbocycles. The number of hydrogen-bond acceptors (Lipinski definition) is 4. The zero-order valence-electron chi connectivity index (χ0n) is 13.9. The molecule has 6 heteroatoms. The van der Waals surface area contributed by atoms with Crippen LogP contribution in [-0.4, -0.2) is 68.0 Å². The van der Waals surface area contributed by atoms with Gasteiger partial charge in [-0.3, -0.25) is 14.5 Å². The summed E-state index contributed by atoms with van der Waals surface area (Å²) < 4.78 is 5.56. The zero-order valence-corrected chi connectivity index (χ0v) is 13.9. The Bertz CT molecular complexity index is 522. The first-order valence-electron chi connectivity index (χ1n) is 8.04. The lowest BCUT2D eigenvalue weighted by molar-refractivity contribution is -0.135. The van der Waals surface area contributed by atoms with Crippen LogP contribution in [0.3, 0.4) is 0 Å². The first-order valence-corrected chi connectivity index (χ1v) is 8.04. The maximum Gasteiger partial charge on any atom is 0.260 e. The molecule has 0 spiro atoms. The highest BCUT2D eigenvalue weighted by Crippen LogP contribution is 2.13. The van der Waals surface area contributed by atoms with Crippen molar-refractivity contribution in [3.05, 3.63) is 29.8 Å². The van der Waals surface area contributed by atoms with Gasteiger partial charge in [0, 0.05) is 33.2 Å². The predicted octanol–water partition coefficient (Wildman–Crippen LogP) is 0.518. The molecule has 1 aliphatic rings. The molecule has 1 saturated heterocycles. The molecule has 0 unspecified atom stereocenters. The second kappa shape index (κ2) is 8.53. The summed E-state index contributed by atoms with van der Waals surface area (Å²) in [6.45, 7) is 5.24. The summed E-state index contributed by atoms with van der Waals surface area (Å²) in [7, 11) is 1.63. The lowest BCUT2D eigenvalue weighted by atomic mass is 10.2. The Hall–Kier alpha value is -2.08. The standard InChI is InChI=1S/C17H25N3O3/c1-3-14-4-6-15(7-5-14)23-13-17(22)20-10-8-19(9-11-20)12-16(21)18-2/h4-7H,3,8-13H2,1-2H3,(H,18,21). The number of amides is 2. The number of hydrogen-bond donors (Lipinski definition) is 1. The van der Waals surface area contributed by atoms with E-state index in [1.165, 1.54) is 5.56 Å². The first-order chi connectivity index (χ1) is 11.1. The minimum absolute atomic E-state index is 0.00337. The second-order valence-electron chi connectivity index (χ2n) is 5.62. The van der Waals surface area contributed by atoms with Crippen molar-refractivity contribution < 1.29 is 14.3 Å². The Labute approximate surface area is 137 Å². The van der Waals surface area contributed by atoms with Crippen LogP contribution in [0.1, 0.15) is 12.5 Å². The topological polar surface area (TPSA) is 61.9 Å². The maximum atomic E-state index is 12.2. The molecule has 1 aliphatic heterocycles. The summed E-state index contributed by atoms with van der Waals surface area (Å²) in [5, 5.41) is 2.61. The smallest absolute Gasteiger partial charge is 0.260 e. The molecule has 1 aromatic carbocycles. The summed E-state index contributed by atoms with van der Waals surface area (Å²) in [5.41, 5.74) is 1.25. The first kappa shape index (κ1) is 17.3. The van der Waals surface area contributed by atoms with Crippen molar-refractivity contribution in [2.75, 3.05) is 46.4 Å². The van der Waals surface area contributed by atoms with Crippen LogP contribution >= 0.6 is 0 Å². The minimum Gasteiger partial charge on any atom is -0.484 e. The molecular formula is C17H25N3O3. The maximum absolute atomic E-state index is 12.2. The quantitative estimate of drug-likeness (QED) is 0.830. The molecule has 23 heavy (non-hydrogen) atoms. The Morgan fingerprint density at radius 3 is 2.35 bits per heavy atom. The third-order valence-electron chi connectivity index (χ3n) is 4.06. The van der Waals surface area contributed by atoms with E-state index >= 15 is 0 Å². The Kier molecular flexibility index (Phi) is 6.40. The van der Waals surface area contributed by atoms with Crippen LogP contribution in [0.5, 0.6) is 5.75 Å². The Morgan fingerprint density at radius 1 is 1.13 bits per heavy atom. The molecule has 0 atom stereocenters. The largest absolute Gasteiger partial charge is 0.484 e. The van der Waals surface area contributed by atoms with E-state index in [0.717, 1.165) is 6.42 Å². The number of carbonyl (C=O) groups is 2. The van der Waals surface area contributed by atoms with Crippen molar-refractivity contribution in [1.82, 2.24) is 15.1 Å². The highest BCUT2D eigenvalue weighted by molar-refractivity contribution is 5.78. The molecule has 1 N–H and O–H groups in total. The number of nitrogens with zero attached hydrogens (tertiary/aromatic N) is 2. The van der Waals surface area contributed by atoms with Gasteiger partial charge in [-0.15, -0.1) is 0 Å². The molecule has 6 nitrogen and oxygen atoms in total. The molecule has 0 aromatic heterocycles. The Balaban J connectivity index is 1.73. The highest BCUT2D eigenvalue weighted by atomic mass is 16.5. The van der Waals surface area contributed by atoms with Crippen molar-refractivity contribution in [3.63, 3.8) is 0 Å². The van der Waals surface area contributed by atoms with Crippen molar-refractivity contribution in [3.8, 4) is 5.75 Å². The van der Waals surface area contributed by atoms with Crippen LogP contribution in [-0.2, 0) is 16.0 Å².